The molecule has 0 spiro atoms. The molecule has 0 bridgehead atoms. The Morgan fingerprint density at radius 1 is 1.33 bits per heavy atom. The highest BCUT2D eigenvalue weighted by Crippen LogP contribution is 2.35. The largest absolute Gasteiger partial charge is 0.123 e. The van der Waals surface area contributed by atoms with Crippen LogP contribution in [0.5, 0.6) is 0 Å². The van der Waals surface area contributed by atoms with E-state index in [1.807, 2.05) is 0 Å². The molecule has 0 amide bonds. The van der Waals surface area contributed by atoms with Crippen molar-refractivity contribution in [2.45, 2.75) is 57.7 Å². The van der Waals surface area contributed by atoms with Crippen LogP contribution in [0.15, 0.2) is 0 Å². The Balaban J connectivity index is 2.29. The van der Waals surface area contributed by atoms with Gasteiger partial charge < -0.3 is 0 Å². The molecule has 0 nitrogen and oxygen atoms in total. The highest BCUT2D eigenvalue weighted by Gasteiger charge is 2.26. The zero-order valence-electron chi connectivity index (χ0n) is 8.35. The minimum absolute atomic E-state index is 0.429. The quantitative estimate of drug-likeness (QED) is 0.580. The van der Waals surface area contributed by atoms with Crippen molar-refractivity contribution in [3.63, 3.8) is 0 Å². The molecule has 72 valence electrons. The van der Waals surface area contributed by atoms with Crippen LogP contribution >= 0.6 is 11.6 Å². The SMILES string of the molecule is CCCC(Cl)C(C)C1CCCC1. The molecule has 1 fully saturated rings. The molecular formula is C11H21Cl. The lowest BCUT2D eigenvalue weighted by molar-refractivity contribution is 0.343. The van der Waals surface area contributed by atoms with Gasteiger partial charge in [-0.25, -0.2) is 0 Å². The van der Waals surface area contributed by atoms with Crippen molar-refractivity contribution in [2.75, 3.05) is 0 Å². The minimum Gasteiger partial charge on any atom is -0.123 e. The Morgan fingerprint density at radius 2 is 1.92 bits per heavy atom. The molecule has 1 aliphatic carbocycles. The second kappa shape index (κ2) is 5.11. The fourth-order valence-electron chi connectivity index (χ4n) is 2.32. The highest BCUT2D eigenvalue weighted by atomic mass is 35.5. The van der Waals surface area contributed by atoms with Crippen LogP contribution < -0.4 is 0 Å². The van der Waals surface area contributed by atoms with E-state index in [0.29, 0.717) is 5.38 Å². The molecule has 0 aliphatic heterocycles. The normalized spacial score (nSPS) is 24.2. The number of halogens is 1. The Labute approximate surface area is 81.7 Å². The molecule has 12 heavy (non-hydrogen) atoms. The third kappa shape index (κ3) is 2.65. The van der Waals surface area contributed by atoms with Crippen molar-refractivity contribution in [2.24, 2.45) is 11.8 Å². The maximum absolute atomic E-state index is 6.31. The van der Waals surface area contributed by atoms with E-state index in [4.69, 9.17) is 11.6 Å². The molecule has 2 unspecified atom stereocenters. The van der Waals surface area contributed by atoms with Gasteiger partial charge in [-0.1, -0.05) is 46.0 Å². The second-order valence-corrected chi connectivity index (χ2v) is 4.77. The van der Waals surface area contributed by atoms with Crippen LogP contribution in [0.4, 0.5) is 0 Å². The van der Waals surface area contributed by atoms with E-state index < -0.39 is 0 Å². The molecule has 0 N–H and O–H groups in total. The van der Waals surface area contributed by atoms with Crippen LogP contribution in [0.1, 0.15) is 52.4 Å². The molecule has 1 heteroatoms. The molecule has 0 heterocycles. The average molecular weight is 189 g/mol. The summed E-state index contributed by atoms with van der Waals surface area (Å²) in [4.78, 5) is 0. The zero-order valence-corrected chi connectivity index (χ0v) is 9.11. The van der Waals surface area contributed by atoms with Crippen LogP contribution in [0, 0.1) is 11.8 Å². The van der Waals surface area contributed by atoms with Crippen LogP contribution in [0.25, 0.3) is 0 Å². The molecule has 0 aromatic rings. The number of alkyl halides is 1. The van der Waals surface area contributed by atoms with E-state index in [1.165, 1.54) is 38.5 Å². The van der Waals surface area contributed by atoms with Gasteiger partial charge >= 0.3 is 0 Å². The third-order valence-electron chi connectivity index (χ3n) is 3.28. The van der Waals surface area contributed by atoms with E-state index in [-0.39, 0.29) is 0 Å². The van der Waals surface area contributed by atoms with Gasteiger partial charge in [0.2, 0.25) is 0 Å². The van der Waals surface area contributed by atoms with Gasteiger partial charge in [-0.3, -0.25) is 0 Å². The molecule has 2 atom stereocenters. The highest BCUT2D eigenvalue weighted by molar-refractivity contribution is 6.20. The van der Waals surface area contributed by atoms with E-state index in [9.17, 15) is 0 Å². The van der Waals surface area contributed by atoms with Gasteiger partial charge in [0.25, 0.3) is 0 Å². The smallest absolute Gasteiger partial charge is 0.0364 e. The van der Waals surface area contributed by atoms with Crippen molar-refractivity contribution >= 4 is 11.6 Å². The van der Waals surface area contributed by atoms with Crippen molar-refractivity contribution in [3.05, 3.63) is 0 Å². The first kappa shape index (κ1) is 10.4. The summed E-state index contributed by atoms with van der Waals surface area (Å²) in [6.45, 7) is 4.56. The summed E-state index contributed by atoms with van der Waals surface area (Å²) in [6, 6.07) is 0. The van der Waals surface area contributed by atoms with Crippen molar-refractivity contribution < 1.29 is 0 Å². The van der Waals surface area contributed by atoms with Gasteiger partial charge in [0.05, 0.1) is 0 Å². The summed E-state index contributed by atoms with van der Waals surface area (Å²) in [5, 5.41) is 0.429. The number of hydrogen-bond acceptors (Lipinski definition) is 0. The molecule has 1 rings (SSSR count). The number of hydrogen-bond donors (Lipinski definition) is 0. The lowest BCUT2D eigenvalue weighted by Crippen LogP contribution is -2.19. The fourth-order valence-corrected chi connectivity index (χ4v) is 2.74. The van der Waals surface area contributed by atoms with Crippen molar-refractivity contribution in [3.8, 4) is 0 Å². The molecule has 0 saturated heterocycles. The molecule has 0 aromatic carbocycles. The van der Waals surface area contributed by atoms with E-state index in [1.54, 1.807) is 0 Å². The summed E-state index contributed by atoms with van der Waals surface area (Å²) in [7, 11) is 0. The molecule has 0 aromatic heterocycles. The average Bonchev–Trinajstić information content (AvgIpc) is 2.55. The van der Waals surface area contributed by atoms with E-state index in [0.717, 1.165) is 11.8 Å². The molecule has 1 saturated carbocycles. The Kier molecular flexibility index (Phi) is 4.42. The summed E-state index contributed by atoms with van der Waals surface area (Å²) < 4.78 is 0. The summed E-state index contributed by atoms with van der Waals surface area (Å²) in [5.41, 5.74) is 0. The Bertz CT molecular complexity index is 116. The molecular weight excluding hydrogens is 168 g/mol. The first-order valence-corrected chi connectivity index (χ1v) is 5.83. The summed E-state index contributed by atoms with van der Waals surface area (Å²) >= 11 is 6.31. The van der Waals surface area contributed by atoms with Gasteiger partial charge in [0, 0.05) is 5.38 Å². The van der Waals surface area contributed by atoms with Crippen LogP contribution in [-0.4, -0.2) is 5.38 Å². The second-order valence-electron chi connectivity index (χ2n) is 4.21. The van der Waals surface area contributed by atoms with Gasteiger partial charge in [0.1, 0.15) is 0 Å². The lowest BCUT2D eigenvalue weighted by Gasteiger charge is -2.23. The monoisotopic (exact) mass is 188 g/mol. The maximum atomic E-state index is 6.31. The van der Waals surface area contributed by atoms with Gasteiger partial charge in [-0.05, 0) is 18.3 Å². The zero-order chi connectivity index (χ0) is 8.97. The van der Waals surface area contributed by atoms with Gasteiger partial charge in [-0.2, -0.15) is 0 Å². The Hall–Kier alpha value is 0.290. The van der Waals surface area contributed by atoms with Crippen LogP contribution in [0.2, 0.25) is 0 Å². The van der Waals surface area contributed by atoms with E-state index >= 15 is 0 Å². The maximum Gasteiger partial charge on any atom is 0.0364 e. The molecule has 0 radical (unpaired) electrons. The number of rotatable bonds is 4. The van der Waals surface area contributed by atoms with Crippen molar-refractivity contribution in [1.29, 1.82) is 0 Å². The standard InChI is InChI=1S/C11H21Cl/c1-3-6-11(12)9(2)10-7-4-5-8-10/h9-11H,3-8H2,1-2H3. The minimum atomic E-state index is 0.429. The van der Waals surface area contributed by atoms with Crippen LogP contribution in [-0.2, 0) is 0 Å². The topological polar surface area (TPSA) is 0 Å². The van der Waals surface area contributed by atoms with E-state index in [2.05, 4.69) is 13.8 Å². The molecule has 1 aliphatic rings. The Morgan fingerprint density at radius 3 is 2.42 bits per heavy atom. The fraction of sp³-hybridized carbons (Fsp3) is 1.00. The first-order chi connectivity index (χ1) is 5.75. The lowest BCUT2D eigenvalue weighted by atomic mass is 9.88. The van der Waals surface area contributed by atoms with Crippen molar-refractivity contribution in [1.82, 2.24) is 0 Å². The van der Waals surface area contributed by atoms with Gasteiger partial charge in [0.15, 0.2) is 0 Å². The predicted octanol–water partition coefficient (Wildman–Crippen LogP) is 4.22. The third-order valence-corrected chi connectivity index (χ3v) is 3.89. The summed E-state index contributed by atoms with van der Waals surface area (Å²) in [5.74, 6) is 1.67. The predicted molar refractivity (Wildman–Crippen MR) is 55.7 cm³/mol. The first-order valence-electron chi connectivity index (χ1n) is 5.39. The van der Waals surface area contributed by atoms with Crippen LogP contribution in [0.3, 0.4) is 0 Å². The van der Waals surface area contributed by atoms with Gasteiger partial charge in [-0.15, -0.1) is 11.6 Å². The summed E-state index contributed by atoms with van der Waals surface area (Å²) in [6.07, 6.45) is 8.14.